The van der Waals surface area contributed by atoms with Crippen LogP contribution in [-0.4, -0.2) is 85.5 Å². The molecule has 2 amide bonds. The summed E-state index contributed by atoms with van der Waals surface area (Å²) in [4.78, 5) is 32.7. The Morgan fingerprint density at radius 2 is 1.74 bits per heavy atom. The summed E-state index contributed by atoms with van der Waals surface area (Å²) < 4.78 is 5.33. The molecule has 7 nitrogen and oxygen atoms in total. The number of hydrogen-bond acceptors (Lipinski definition) is 5. The van der Waals surface area contributed by atoms with Gasteiger partial charge in [0.2, 0.25) is 5.91 Å². The Labute approximate surface area is 202 Å². The summed E-state index contributed by atoms with van der Waals surface area (Å²) >= 11 is 0. The Balaban J connectivity index is 1.42. The number of piperidine rings is 1. The average Bonchev–Trinajstić information content (AvgIpc) is 2.90. The van der Waals surface area contributed by atoms with Crippen LogP contribution in [0.3, 0.4) is 0 Å². The lowest BCUT2D eigenvalue weighted by Crippen LogP contribution is -2.50. The Morgan fingerprint density at radius 3 is 2.44 bits per heavy atom. The molecule has 0 bridgehead atoms. The highest BCUT2D eigenvalue weighted by molar-refractivity contribution is 5.95. The molecule has 7 heteroatoms. The van der Waals surface area contributed by atoms with Crippen LogP contribution in [-0.2, 0) is 11.3 Å². The summed E-state index contributed by atoms with van der Waals surface area (Å²) in [6.45, 7) is 6.39. The van der Waals surface area contributed by atoms with E-state index in [1.807, 2.05) is 34.1 Å². The van der Waals surface area contributed by atoms with Gasteiger partial charge in [0, 0.05) is 70.4 Å². The number of amides is 2. The summed E-state index contributed by atoms with van der Waals surface area (Å²) in [6.07, 6.45) is 2.18. The van der Waals surface area contributed by atoms with Crippen molar-refractivity contribution in [3.63, 3.8) is 0 Å². The van der Waals surface area contributed by atoms with Crippen LogP contribution >= 0.6 is 0 Å². The normalized spacial score (nSPS) is 17.4. The van der Waals surface area contributed by atoms with Crippen LogP contribution in [0.1, 0.15) is 35.2 Å². The van der Waals surface area contributed by atoms with Crippen molar-refractivity contribution in [2.45, 2.75) is 31.8 Å². The van der Waals surface area contributed by atoms with Crippen LogP contribution in [0.4, 0.5) is 0 Å². The number of benzene rings is 2. The fraction of sp³-hybridized carbons (Fsp3) is 0.481. The number of carbonyl (C=O) groups excluding carboxylic acids is 2. The second-order valence-corrected chi connectivity index (χ2v) is 9.10. The first kappa shape index (κ1) is 24.2. The number of piperazine rings is 1. The Hall–Kier alpha value is -2.90. The van der Waals surface area contributed by atoms with Gasteiger partial charge < -0.3 is 19.9 Å². The zero-order chi connectivity index (χ0) is 23.8. The molecule has 2 aliphatic rings. The molecule has 2 aliphatic heterocycles. The molecule has 0 unspecified atom stereocenters. The van der Waals surface area contributed by atoms with E-state index >= 15 is 0 Å². The third-order valence-corrected chi connectivity index (χ3v) is 6.86. The van der Waals surface area contributed by atoms with Crippen LogP contribution < -0.4 is 10.1 Å². The Bertz CT molecular complexity index is 938. The molecule has 2 heterocycles. The molecule has 182 valence electrons. The van der Waals surface area contributed by atoms with E-state index in [4.69, 9.17) is 4.74 Å². The fourth-order valence-corrected chi connectivity index (χ4v) is 4.89. The monoisotopic (exact) mass is 464 g/mol. The molecule has 0 atom stereocenters. The molecular weight excluding hydrogens is 428 g/mol. The number of ether oxygens (including phenoxy) is 1. The maximum Gasteiger partial charge on any atom is 0.254 e. The third-order valence-electron chi connectivity index (χ3n) is 6.86. The molecule has 2 aromatic rings. The minimum Gasteiger partial charge on any atom is -0.497 e. The van der Waals surface area contributed by atoms with Gasteiger partial charge in [0.15, 0.2) is 0 Å². The summed E-state index contributed by atoms with van der Waals surface area (Å²) in [5.74, 6) is 0.778. The number of hydrogen-bond donors (Lipinski definition) is 1. The number of rotatable bonds is 8. The van der Waals surface area contributed by atoms with Crippen molar-refractivity contribution in [3.05, 3.63) is 65.7 Å². The molecule has 0 aromatic heterocycles. The zero-order valence-corrected chi connectivity index (χ0v) is 20.1. The smallest absolute Gasteiger partial charge is 0.254 e. The summed E-state index contributed by atoms with van der Waals surface area (Å²) in [7, 11) is 1.61. The SMILES string of the molecule is COc1cccc(C(=O)N(CCC(=O)N2CCNCC2)C2CCN(Cc3ccccc3)CC2)c1. The van der Waals surface area contributed by atoms with Gasteiger partial charge in [0.1, 0.15) is 5.75 Å². The number of methoxy groups -OCH3 is 1. The molecule has 0 aliphatic carbocycles. The van der Waals surface area contributed by atoms with Crippen LogP contribution in [0.2, 0.25) is 0 Å². The lowest BCUT2D eigenvalue weighted by molar-refractivity contribution is -0.132. The lowest BCUT2D eigenvalue weighted by Gasteiger charge is -2.39. The van der Waals surface area contributed by atoms with Gasteiger partial charge in [-0.05, 0) is 36.6 Å². The standard InChI is InChI=1S/C27H36N4O3/c1-34-25-9-5-8-23(20-25)27(33)31(17-12-26(32)30-18-13-28-14-19-30)24-10-15-29(16-11-24)21-22-6-3-2-4-7-22/h2-9,20,24,28H,10-19,21H2,1H3. The molecular formula is C27H36N4O3. The van der Waals surface area contributed by atoms with Crippen molar-refractivity contribution >= 4 is 11.8 Å². The highest BCUT2D eigenvalue weighted by Gasteiger charge is 2.30. The van der Waals surface area contributed by atoms with Crippen molar-refractivity contribution in [1.29, 1.82) is 0 Å². The predicted molar refractivity (Wildman–Crippen MR) is 133 cm³/mol. The van der Waals surface area contributed by atoms with Crippen LogP contribution in [0.15, 0.2) is 54.6 Å². The first-order valence-electron chi connectivity index (χ1n) is 12.3. The van der Waals surface area contributed by atoms with E-state index in [0.29, 0.717) is 24.3 Å². The second-order valence-electron chi connectivity index (χ2n) is 9.10. The van der Waals surface area contributed by atoms with Crippen molar-refractivity contribution < 1.29 is 14.3 Å². The van der Waals surface area contributed by atoms with E-state index in [-0.39, 0.29) is 17.9 Å². The predicted octanol–water partition coefficient (Wildman–Crippen LogP) is 2.62. The maximum absolute atomic E-state index is 13.6. The zero-order valence-electron chi connectivity index (χ0n) is 20.1. The van der Waals surface area contributed by atoms with Crippen molar-refractivity contribution in [1.82, 2.24) is 20.0 Å². The van der Waals surface area contributed by atoms with E-state index in [1.54, 1.807) is 13.2 Å². The minimum absolute atomic E-state index is 0.0199. The van der Waals surface area contributed by atoms with Gasteiger partial charge in [-0.15, -0.1) is 0 Å². The van der Waals surface area contributed by atoms with Crippen molar-refractivity contribution in [2.75, 3.05) is 52.9 Å². The Kier molecular flexibility index (Phi) is 8.55. The fourth-order valence-electron chi connectivity index (χ4n) is 4.89. The van der Waals surface area contributed by atoms with E-state index in [1.165, 1.54) is 5.56 Å². The van der Waals surface area contributed by atoms with Crippen LogP contribution in [0, 0.1) is 0 Å². The Morgan fingerprint density at radius 1 is 1.00 bits per heavy atom. The van der Waals surface area contributed by atoms with Crippen molar-refractivity contribution in [2.24, 2.45) is 0 Å². The van der Waals surface area contributed by atoms with E-state index in [0.717, 1.165) is 58.7 Å². The molecule has 0 spiro atoms. The van der Waals surface area contributed by atoms with E-state index in [2.05, 4.69) is 34.5 Å². The van der Waals surface area contributed by atoms with E-state index in [9.17, 15) is 9.59 Å². The largest absolute Gasteiger partial charge is 0.497 e. The molecule has 0 radical (unpaired) electrons. The molecule has 1 N–H and O–H groups in total. The van der Waals surface area contributed by atoms with Gasteiger partial charge in [-0.1, -0.05) is 36.4 Å². The molecule has 2 aromatic carbocycles. The third kappa shape index (κ3) is 6.36. The molecule has 4 rings (SSSR count). The molecule has 0 saturated carbocycles. The number of carbonyl (C=O) groups is 2. The van der Waals surface area contributed by atoms with Gasteiger partial charge in [-0.2, -0.15) is 0 Å². The number of nitrogens with zero attached hydrogens (tertiary/aromatic N) is 3. The number of likely N-dealkylation sites (tertiary alicyclic amines) is 1. The maximum atomic E-state index is 13.6. The summed E-state index contributed by atoms with van der Waals surface area (Å²) in [5, 5.41) is 3.28. The first-order valence-corrected chi connectivity index (χ1v) is 12.3. The highest BCUT2D eigenvalue weighted by Crippen LogP contribution is 2.23. The van der Waals surface area contributed by atoms with Crippen LogP contribution in [0.25, 0.3) is 0 Å². The summed E-state index contributed by atoms with van der Waals surface area (Å²) in [6, 6.07) is 18.0. The number of nitrogens with one attached hydrogen (secondary N) is 1. The highest BCUT2D eigenvalue weighted by atomic mass is 16.5. The van der Waals surface area contributed by atoms with Gasteiger partial charge in [0.25, 0.3) is 5.91 Å². The van der Waals surface area contributed by atoms with Crippen LogP contribution in [0.5, 0.6) is 5.75 Å². The van der Waals surface area contributed by atoms with Gasteiger partial charge in [0.05, 0.1) is 7.11 Å². The molecule has 34 heavy (non-hydrogen) atoms. The quantitative estimate of drug-likeness (QED) is 0.651. The molecule has 2 fully saturated rings. The topological polar surface area (TPSA) is 65.1 Å². The van der Waals surface area contributed by atoms with Crippen molar-refractivity contribution in [3.8, 4) is 5.75 Å². The first-order chi connectivity index (χ1) is 16.6. The van der Waals surface area contributed by atoms with Gasteiger partial charge >= 0.3 is 0 Å². The second kappa shape index (κ2) is 12.0. The minimum atomic E-state index is -0.0199. The van der Waals surface area contributed by atoms with Gasteiger partial charge in [-0.25, -0.2) is 0 Å². The van der Waals surface area contributed by atoms with Gasteiger partial charge in [-0.3, -0.25) is 14.5 Å². The van der Waals surface area contributed by atoms with E-state index < -0.39 is 0 Å². The summed E-state index contributed by atoms with van der Waals surface area (Å²) in [5.41, 5.74) is 1.92. The lowest BCUT2D eigenvalue weighted by atomic mass is 10.0. The average molecular weight is 465 g/mol. The molecule has 2 saturated heterocycles.